The van der Waals surface area contributed by atoms with Gasteiger partial charge >= 0.3 is 6.03 Å². The van der Waals surface area contributed by atoms with E-state index in [0.717, 1.165) is 17.7 Å². The van der Waals surface area contributed by atoms with Gasteiger partial charge in [-0.1, -0.05) is 18.2 Å². The van der Waals surface area contributed by atoms with Crippen molar-refractivity contribution in [3.63, 3.8) is 0 Å². The third-order valence-corrected chi connectivity index (χ3v) is 3.46. The number of urea groups is 1. The molecule has 0 saturated carbocycles. The van der Waals surface area contributed by atoms with Crippen molar-refractivity contribution in [2.24, 2.45) is 0 Å². The van der Waals surface area contributed by atoms with E-state index in [1.165, 1.54) is 24.3 Å². The number of nitro groups is 1. The van der Waals surface area contributed by atoms with Crippen molar-refractivity contribution >= 4 is 23.1 Å². The first kappa shape index (κ1) is 13.1. The lowest BCUT2D eigenvalue weighted by Crippen LogP contribution is -2.33. The molecule has 0 atom stereocenters. The van der Waals surface area contributed by atoms with Crippen LogP contribution < -0.4 is 10.2 Å². The monoisotopic (exact) mass is 283 g/mol. The van der Waals surface area contributed by atoms with Gasteiger partial charge in [-0.3, -0.25) is 15.0 Å². The Labute approximate surface area is 121 Å². The molecule has 1 heterocycles. The van der Waals surface area contributed by atoms with E-state index < -0.39 is 4.92 Å². The zero-order valence-electron chi connectivity index (χ0n) is 11.2. The molecular weight excluding hydrogens is 270 g/mol. The number of nitrogens with one attached hydrogen (secondary N) is 1. The Morgan fingerprint density at radius 2 is 1.86 bits per heavy atom. The minimum atomic E-state index is -0.470. The fraction of sp³-hybridized carbons (Fsp3) is 0.133. The van der Waals surface area contributed by atoms with E-state index in [-0.39, 0.29) is 11.7 Å². The van der Waals surface area contributed by atoms with E-state index in [1.54, 1.807) is 4.90 Å². The van der Waals surface area contributed by atoms with E-state index in [1.807, 2.05) is 24.3 Å². The van der Waals surface area contributed by atoms with Gasteiger partial charge < -0.3 is 5.32 Å². The van der Waals surface area contributed by atoms with Crippen LogP contribution in [0.4, 0.5) is 21.9 Å². The van der Waals surface area contributed by atoms with Crippen LogP contribution in [0.1, 0.15) is 5.56 Å². The van der Waals surface area contributed by atoms with Gasteiger partial charge in [-0.25, -0.2) is 4.79 Å². The Kier molecular flexibility index (Phi) is 3.27. The summed E-state index contributed by atoms with van der Waals surface area (Å²) in [4.78, 5) is 24.1. The summed E-state index contributed by atoms with van der Waals surface area (Å²) in [5, 5.41) is 13.3. The van der Waals surface area contributed by atoms with E-state index in [9.17, 15) is 14.9 Å². The number of amides is 2. The lowest BCUT2D eigenvalue weighted by molar-refractivity contribution is -0.384. The third kappa shape index (κ3) is 2.55. The highest BCUT2D eigenvalue weighted by Gasteiger charge is 2.24. The average molecular weight is 283 g/mol. The second-order valence-corrected chi connectivity index (χ2v) is 4.76. The molecule has 1 N–H and O–H groups in total. The smallest absolute Gasteiger partial charge is 0.308 e. The van der Waals surface area contributed by atoms with Crippen molar-refractivity contribution in [2.75, 3.05) is 16.8 Å². The number of hydrogen-bond acceptors (Lipinski definition) is 3. The van der Waals surface area contributed by atoms with Gasteiger partial charge in [0.15, 0.2) is 0 Å². The molecule has 2 aromatic carbocycles. The Hall–Kier alpha value is -2.89. The quantitative estimate of drug-likeness (QED) is 0.679. The standard InChI is InChI=1S/C15H13N3O3/c19-15(16-12-5-7-13(8-6-12)18(20)21)17-10-9-11-3-1-2-4-14(11)17/h1-8H,9-10H2,(H,16,19). The van der Waals surface area contributed by atoms with Gasteiger partial charge in [0.2, 0.25) is 0 Å². The van der Waals surface area contributed by atoms with E-state index in [4.69, 9.17) is 0 Å². The summed E-state index contributed by atoms with van der Waals surface area (Å²) in [6.07, 6.45) is 0.837. The normalized spacial score (nSPS) is 12.9. The van der Waals surface area contributed by atoms with Gasteiger partial charge in [-0.05, 0) is 30.2 Å². The molecule has 2 aromatic rings. The first-order chi connectivity index (χ1) is 10.1. The number of hydrogen-bond donors (Lipinski definition) is 1. The average Bonchev–Trinajstić information content (AvgIpc) is 2.92. The highest BCUT2D eigenvalue weighted by atomic mass is 16.6. The summed E-state index contributed by atoms with van der Waals surface area (Å²) in [5.74, 6) is 0. The van der Waals surface area contributed by atoms with E-state index >= 15 is 0 Å². The van der Waals surface area contributed by atoms with Crippen LogP contribution >= 0.6 is 0 Å². The second kappa shape index (κ2) is 5.24. The van der Waals surface area contributed by atoms with E-state index in [0.29, 0.717) is 12.2 Å². The zero-order valence-corrected chi connectivity index (χ0v) is 11.2. The topological polar surface area (TPSA) is 75.5 Å². The fourth-order valence-corrected chi connectivity index (χ4v) is 2.41. The van der Waals surface area contributed by atoms with Gasteiger partial charge in [0.05, 0.1) is 4.92 Å². The lowest BCUT2D eigenvalue weighted by Gasteiger charge is -2.18. The van der Waals surface area contributed by atoms with Crippen molar-refractivity contribution in [1.82, 2.24) is 0 Å². The minimum absolute atomic E-state index is 0.000447. The molecular formula is C15H13N3O3. The molecule has 0 aliphatic carbocycles. The largest absolute Gasteiger partial charge is 0.326 e. The van der Waals surface area contributed by atoms with Crippen molar-refractivity contribution in [2.45, 2.75) is 6.42 Å². The highest BCUT2D eigenvalue weighted by Crippen LogP contribution is 2.28. The molecule has 0 spiro atoms. The zero-order chi connectivity index (χ0) is 14.8. The van der Waals surface area contributed by atoms with Crippen LogP contribution in [-0.4, -0.2) is 17.5 Å². The Bertz CT molecular complexity index is 698. The maximum Gasteiger partial charge on any atom is 0.326 e. The summed E-state index contributed by atoms with van der Waals surface area (Å²) >= 11 is 0. The van der Waals surface area contributed by atoms with Gasteiger partial charge in [-0.2, -0.15) is 0 Å². The molecule has 0 bridgehead atoms. The van der Waals surface area contributed by atoms with Gasteiger partial charge in [-0.15, -0.1) is 0 Å². The number of anilines is 2. The van der Waals surface area contributed by atoms with E-state index in [2.05, 4.69) is 5.32 Å². The molecule has 21 heavy (non-hydrogen) atoms. The summed E-state index contributed by atoms with van der Waals surface area (Å²) in [6.45, 7) is 0.637. The van der Waals surface area contributed by atoms with Gasteiger partial charge in [0.25, 0.3) is 5.69 Å². The van der Waals surface area contributed by atoms with Crippen LogP contribution in [0.2, 0.25) is 0 Å². The maximum atomic E-state index is 12.3. The van der Waals surface area contributed by atoms with Crippen LogP contribution in [0.25, 0.3) is 0 Å². The Balaban J connectivity index is 1.74. The fourth-order valence-electron chi connectivity index (χ4n) is 2.41. The highest BCUT2D eigenvalue weighted by molar-refractivity contribution is 6.03. The number of carbonyl (C=O) groups is 1. The number of fused-ring (bicyclic) bond motifs is 1. The minimum Gasteiger partial charge on any atom is -0.308 e. The van der Waals surface area contributed by atoms with Crippen molar-refractivity contribution < 1.29 is 9.72 Å². The maximum absolute atomic E-state index is 12.3. The number of nitro benzene ring substituents is 1. The summed E-state index contributed by atoms with van der Waals surface area (Å²) < 4.78 is 0. The molecule has 1 aliphatic heterocycles. The van der Waals surface area contributed by atoms with Crippen LogP contribution in [0.15, 0.2) is 48.5 Å². The summed E-state index contributed by atoms with van der Waals surface area (Å²) in [6, 6.07) is 13.3. The number of para-hydroxylation sites is 1. The Morgan fingerprint density at radius 3 is 2.57 bits per heavy atom. The van der Waals surface area contributed by atoms with Gasteiger partial charge in [0.1, 0.15) is 0 Å². The van der Waals surface area contributed by atoms with Crippen LogP contribution in [0.5, 0.6) is 0 Å². The molecule has 0 unspecified atom stereocenters. The molecule has 0 radical (unpaired) electrons. The number of non-ortho nitro benzene ring substituents is 1. The lowest BCUT2D eigenvalue weighted by atomic mass is 10.2. The molecule has 0 saturated heterocycles. The first-order valence-electron chi connectivity index (χ1n) is 6.56. The van der Waals surface area contributed by atoms with Crippen LogP contribution in [-0.2, 0) is 6.42 Å². The number of rotatable bonds is 2. The van der Waals surface area contributed by atoms with Crippen LogP contribution in [0, 0.1) is 10.1 Å². The molecule has 6 heteroatoms. The molecule has 3 rings (SSSR count). The van der Waals surface area contributed by atoms with Gasteiger partial charge in [0, 0.05) is 30.1 Å². The second-order valence-electron chi connectivity index (χ2n) is 4.76. The molecule has 106 valence electrons. The number of carbonyl (C=O) groups excluding carboxylic acids is 1. The molecule has 1 aliphatic rings. The first-order valence-corrected chi connectivity index (χ1v) is 6.56. The number of benzene rings is 2. The van der Waals surface area contributed by atoms with Crippen molar-refractivity contribution in [3.8, 4) is 0 Å². The van der Waals surface area contributed by atoms with Crippen LogP contribution in [0.3, 0.4) is 0 Å². The third-order valence-electron chi connectivity index (χ3n) is 3.46. The summed E-state index contributed by atoms with van der Waals surface area (Å²) in [7, 11) is 0. The predicted octanol–water partition coefficient (Wildman–Crippen LogP) is 3.19. The SMILES string of the molecule is O=C(Nc1ccc([N+](=O)[O-])cc1)N1CCc2ccccc21. The molecule has 0 aromatic heterocycles. The van der Waals surface area contributed by atoms with Crippen molar-refractivity contribution in [1.29, 1.82) is 0 Å². The molecule has 6 nitrogen and oxygen atoms in total. The Morgan fingerprint density at radius 1 is 1.14 bits per heavy atom. The molecule has 0 fully saturated rings. The molecule has 2 amide bonds. The summed E-state index contributed by atoms with van der Waals surface area (Å²) in [5.41, 5.74) is 2.60. The van der Waals surface area contributed by atoms with Crippen molar-refractivity contribution in [3.05, 3.63) is 64.2 Å². The predicted molar refractivity (Wildman–Crippen MR) is 79.6 cm³/mol. The number of nitrogens with zero attached hydrogens (tertiary/aromatic N) is 2.